The smallest absolute Gasteiger partial charge is 0.306 e. The molecule has 6 heteroatoms. The second-order valence-electron chi connectivity index (χ2n) is 15.9. The van der Waals surface area contributed by atoms with Crippen LogP contribution in [0.1, 0.15) is 175 Å². The molecule has 0 aliphatic carbocycles. The fourth-order valence-electron chi connectivity index (χ4n) is 6.06. The standard InChI is InChI=1S/C59H88O6/c1-4-7-10-13-16-19-22-25-27-29-31-34-37-40-43-46-49-52-58(61)64-55-56(54-63-57(60)51-48-45-42-39-36-33-24-21-18-15-12-9-6-3)65-59(62)53-50-47-44-41-38-35-32-30-28-26-23-20-17-14-11-8-5-2/h7,9-10,12-13,15-22,24-29,31,33-34,36-37,39,42,56H,4-6,8,11,14,23,30,32,35,38,40-41,43-55H2,1-3H3/b10-7+,12-9+,16-13+,18-15+,20-17+,22-19+,24-21+,27-25+,28-26+,31-29+,36-33+,37-34+,42-39+. The van der Waals surface area contributed by atoms with E-state index in [9.17, 15) is 14.4 Å². The van der Waals surface area contributed by atoms with Gasteiger partial charge in [-0.3, -0.25) is 14.4 Å². The molecule has 360 valence electrons. The second-order valence-corrected chi connectivity index (χ2v) is 15.9. The molecule has 0 heterocycles. The van der Waals surface area contributed by atoms with E-state index >= 15 is 0 Å². The minimum absolute atomic E-state index is 0.135. The zero-order valence-corrected chi connectivity index (χ0v) is 40.9. The SMILES string of the molecule is CC/C=C/C=C/C=C/C=C/C=C/C=C/CCCCCC(=O)OCC(COC(=O)CCC/C=C/C=C/C=C/C=C/C=C/CC)OC(=O)CCCCCCCCC/C=C/C/C=C/CCCCC. The van der Waals surface area contributed by atoms with Gasteiger partial charge in [0.2, 0.25) is 0 Å². The van der Waals surface area contributed by atoms with Gasteiger partial charge in [-0.15, -0.1) is 0 Å². The van der Waals surface area contributed by atoms with Crippen molar-refractivity contribution < 1.29 is 28.6 Å². The van der Waals surface area contributed by atoms with Crippen LogP contribution >= 0.6 is 0 Å². The Morgan fingerprint density at radius 1 is 0.338 bits per heavy atom. The Labute approximate surface area is 397 Å². The largest absolute Gasteiger partial charge is 0.462 e. The monoisotopic (exact) mass is 893 g/mol. The van der Waals surface area contributed by atoms with Gasteiger partial charge in [-0.1, -0.05) is 230 Å². The summed E-state index contributed by atoms with van der Waals surface area (Å²) in [5.74, 6) is -1.07. The van der Waals surface area contributed by atoms with Gasteiger partial charge in [-0.05, 0) is 83.5 Å². The summed E-state index contributed by atoms with van der Waals surface area (Å²) in [7, 11) is 0. The third-order valence-electron chi connectivity index (χ3n) is 9.79. The molecule has 0 aliphatic rings. The van der Waals surface area contributed by atoms with Crippen molar-refractivity contribution in [2.45, 2.75) is 181 Å². The van der Waals surface area contributed by atoms with E-state index in [1.165, 1.54) is 44.9 Å². The summed E-state index contributed by atoms with van der Waals surface area (Å²) in [4.78, 5) is 37.9. The molecule has 1 unspecified atom stereocenters. The Morgan fingerprint density at radius 2 is 0.677 bits per heavy atom. The minimum Gasteiger partial charge on any atom is -0.462 e. The van der Waals surface area contributed by atoms with Gasteiger partial charge in [-0.25, -0.2) is 0 Å². The molecule has 0 spiro atoms. The van der Waals surface area contributed by atoms with Crippen LogP contribution < -0.4 is 0 Å². The number of hydrogen-bond donors (Lipinski definition) is 0. The fraction of sp³-hybridized carbons (Fsp3) is 0.508. The molecule has 6 nitrogen and oxygen atoms in total. The van der Waals surface area contributed by atoms with E-state index in [0.717, 1.165) is 77.0 Å². The predicted molar refractivity (Wildman–Crippen MR) is 278 cm³/mol. The highest BCUT2D eigenvalue weighted by Gasteiger charge is 2.19. The van der Waals surface area contributed by atoms with Crippen LogP contribution in [0.2, 0.25) is 0 Å². The topological polar surface area (TPSA) is 78.9 Å². The van der Waals surface area contributed by atoms with E-state index in [0.29, 0.717) is 12.8 Å². The van der Waals surface area contributed by atoms with Crippen molar-refractivity contribution in [1.82, 2.24) is 0 Å². The molecule has 0 saturated heterocycles. The molecule has 65 heavy (non-hydrogen) atoms. The summed E-state index contributed by atoms with van der Waals surface area (Å²) in [6.45, 7) is 6.18. The Hall–Kier alpha value is -4.97. The predicted octanol–water partition coefficient (Wildman–Crippen LogP) is 16.6. The molecule has 0 fully saturated rings. The maximum Gasteiger partial charge on any atom is 0.306 e. The third kappa shape index (κ3) is 49.9. The zero-order valence-electron chi connectivity index (χ0n) is 40.9. The molecule has 0 bridgehead atoms. The molecule has 0 saturated carbocycles. The molecule has 0 aromatic heterocycles. The fourth-order valence-corrected chi connectivity index (χ4v) is 6.06. The number of carbonyl (C=O) groups is 3. The minimum atomic E-state index is -0.837. The number of unbranched alkanes of at least 4 members (excludes halogenated alkanes) is 14. The summed E-state index contributed by atoms with van der Waals surface area (Å²) in [6.07, 6.45) is 75.1. The van der Waals surface area contributed by atoms with Crippen molar-refractivity contribution >= 4 is 17.9 Å². The van der Waals surface area contributed by atoms with Crippen LogP contribution in [0.3, 0.4) is 0 Å². The number of rotatable bonds is 42. The van der Waals surface area contributed by atoms with E-state index in [-0.39, 0.29) is 50.4 Å². The highest BCUT2D eigenvalue weighted by molar-refractivity contribution is 5.71. The highest BCUT2D eigenvalue weighted by atomic mass is 16.6. The van der Waals surface area contributed by atoms with E-state index in [1.807, 2.05) is 115 Å². The quantitative estimate of drug-likeness (QED) is 0.0200. The van der Waals surface area contributed by atoms with Gasteiger partial charge in [0.1, 0.15) is 13.2 Å². The molecule has 0 aromatic rings. The van der Waals surface area contributed by atoms with Crippen LogP contribution in [-0.4, -0.2) is 37.2 Å². The van der Waals surface area contributed by atoms with E-state index in [2.05, 4.69) is 63.3 Å². The summed E-state index contributed by atoms with van der Waals surface area (Å²) >= 11 is 0. The molecular formula is C59H88O6. The van der Waals surface area contributed by atoms with Crippen molar-refractivity contribution in [3.8, 4) is 0 Å². The Morgan fingerprint density at radius 3 is 1.14 bits per heavy atom. The van der Waals surface area contributed by atoms with Crippen LogP contribution in [-0.2, 0) is 28.6 Å². The lowest BCUT2D eigenvalue weighted by atomic mass is 10.1. The molecule has 0 rings (SSSR count). The number of ether oxygens (including phenoxy) is 3. The number of carbonyl (C=O) groups excluding carboxylic acids is 3. The van der Waals surface area contributed by atoms with Crippen LogP contribution in [0.5, 0.6) is 0 Å². The summed E-state index contributed by atoms with van der Waals surface area (Å²) in [5, 5.41) is 0. The van der Waals surface area contributed by atoms with Gasteiger partial charge < -0.3 is 14.2 Å². The summed E-state index contributed by atoms with van der Waals surface area (Å²) in [5.41, 5.74) is 0. The summed E-state index contributed by atoms with van der Waals surface area (Å²) < 4.78 is 16.7. The maximum atomic E-state index is 12.8. The summed E-state index contributed by atoms with van der Waals surface area (Å²) in [6, 6.07) is 0. The molecule has 0 aromatic carbocycles. The molecular weight excluding hydrogens is 805 g/mol. The molecule has 0 amide bonds. The number of hydrogen-bond acceptors (Lipinski definition) is 6. The van der Waals surface area contributed by atoms with E-state index in [1.54, 1.807) is 0 Å². The van der Waals surface area contributed by atoms with Crippen molar-refractivity contribution in [2.24, 2.45) is 0 Å². The molecule has 1 atom stereocenters. The van der Waals surface area contributed by atoms with Gasteiger partial charge in [0.25, 0.3) is 0 Å². The van der Waals surface area contributed by atoms with Gasteiger partial charge in [-0.2, -0.15) is 0 Å². The van der Waals surface area contributed by atoms with Gasteiger partial charge >= 0.3 is 17.9 Å². The van der Waals surface area contributed by atoms with Crippen molar-refractivity contribution in [2.75, 3.05) is 13.2 Å². The van der Waals surface area contributed by atoms with Crippen molar-refractivity contribution in [3.63, 3.8) is 0 Å². The van der Waals surface area contributed by atoms with Crippen LogP contribution in [0.4, 0.5) is 0 Å². The zero-order chi connectivity index (χ0) is 47.2. The first-order chi connectivity index (χ1) is 32.0. The lowest BCUT2D eigenvalue weighted by Crippen LogP contribution is -2.30. The third-order valence-corrected chi connectivity index (χ3v) is 9.79. The average molecular weight is 893 g/mol. The molecule has 0 N–H and O–H groups in total. The van der Waals surface area contributed by atoms with E-state index in [4.69, 9.17) is 14.2 Å². The normalized spacial score (nSPS) is 13.5. The Kier molecular flexibility index (Phi) is 47.7. The molecule has 0 radical (unpaired) electrons. The first-order valence-electron chi connectivity index (χ1n) is 25.1. The van der Waals surface area contributed by atoms with E-state index < -0.39 is 6.10 Å². The Balaban J connectivity index is 4.62. The van der Waals surface area contributed by atoms with Gasteiger partial charge in [0.15, 0.2) is 6.10 Å². The maximum absolute atomic E-state index is 12.8. The Bertz CT molecular complexity index is 1540. The first kappa shape index (κ1) is 60.0. The lowest BCUT2D eigenvalue weighted by molar-refractivity contribution is -0.167. The number of esters is 3. The highest BCUT2D eigenvalue weighted by Crippen LogP contribution is 2.12. The van der Waals surface area contributed by atoms with Crippen molar-refractivity contribution in [1.29, 1.82) is 0 Å². The second kappa shape index (κ2) is 51.7. The average Bonchev–Trinajstić information content (AvgIpc) is 3.30. The first-order valence-corrected chi connectivity index (χ1v) is 25.1. The van der Waals surface area contributed by atoms with Crippen LogP contribution in [0, 0.1) is 0 Å². The van der Waals surface area contributed by atoms with Crippen LogP contribution in [0.15, 0.2) is 158 Å². The molecule has 0 aliphatic heterocycles. The number of allylic oxidation sites excluding steroid dienone is 26. The lowest BCUT2D eigenvalue weighted by Gasteiger charge is -2.18. The van der Waals surface area contributed by atoms with Gasteiger partial charge in [0.05, 0.1) is 0 Å². The van der Waals surface area contributed by atoms with Crippen LogP contribution in [0.25, 0.3) is 0 Å². The van der Waals surface area contributed by atoms with Gasteiger partial charge in [0, 0.05) is 19.3 Å². The van der Waals surface area contributed by atoms with Crippen molar-refractivity contribution in [3.05, 3.63) is 158 Å².